The number of nitrogen functional groups attached to an aromatic ring is 1. The third kappa shape index (κ3) is 0.952. The SMILES string of the molecule is Nc1ccc2c(c1)S(=O)N=C2. The fraction of sp³-hybridized carbons (Fsp3) is 0. The Morgan fingerprint density at radius 2 is 2.27 bits per heavy atom. The molecule has 1 aromatic rings. The quantitative estimate of drug-likeness (QED) is 0.577. The van der Waals surface area contributed by atoms with E-state index in [-0.39, 0.29) is 0 Å². The van der Waals surface area contributed by atoms with E-state index in [9.17, 15) is 4.21 Å². The van der Waals surface area contributed by atoms with Crippen molar-refractivity contribution >= 4 is 22.9 Å². The normalized spacial score (nSPS) is 20.2. The van der Waals surface area contributed by atoms with E-state index in [0.29, 0.717) is 10.6 Å². The van der Waals surface area contributed by atoms with Crippen LogP contribution in [0, 0.1) is 0 Å². The van der Waals surface area contributed by atoms with Crippen molar-refractivity contribution in [2.75, 3.05) is 5.73 Å². The summed E-state index contributed by atoms with van der Waals surface area (Å²) in [5.74, 6) is 0. The second-order valence-electron chi connectivity index (χ2n) is 2.28. The molecule has 11 heavy (non-hydrogen) atoms. The third-order valence-corrected chi connectivity index (χ3v) is 2.54. The van der Waals surface area contributed by atoms with Gasteiger partial charge in [-0.15, -0.1) is 0 Å². The molecule has 0 aromatic heterocycles. The minimum absolute atomic E-state index is 0.627. The van der Waals surface area contributed by atoms with E-state index in [0.717, 1.165) is 5.56 Å². The predicted molar refractivity (Wildman–Crippen MR) is 44.9 cm³/mol. The summed E-state index contributed by atoms with van der Waals surface area (Å²) in [7, 11) is -1.22. The summed E-state index contributed by atoms with van der Waals surface area (Å²) in [4.78, 5) is 0.713. The number of anilines is 1. The lowest BCUT2D eigenvalue weighted by molar-refractivity contribution is 0.685. The molecule has 1 aromatic carbocycles. The van der Waals surface area contributed by atoms with Gasteiger partial charge >= 0.3 is 0 Å². The van der Waals surface area contributed by atoms with Crippen molar-refractivity contribution in [3.63, 3.8) is 0 Å². The fourth-order valence-electron chi connectivity index (χ4n) is 0.970. The Balaban J connectivity index is 2.67. The number of hydrogen-bond donors (Lipinski definition) is 1. The molecule has 0 amide bonds. The second-order valence-corrected chi connectivity index (χ2v) is 3.43. The molecule has 1 unspecified atom stereocenters. The fourth-order valence-corrected chi connectivity index (χ4v) is 1.85. The maximum Gasteiger partial charge on any atom is 0.173 e. The van der Waals surface area contributed by atoms with Gasteiger partial charge in [-0.1, -0.05) is 6.07 Å². The number of nitrogens with two attached hydrogens (primary N) is 1. The highest BCUT2D eigenvalue weighted by Crippen LogP contribution is 2.21. The van der Waals surface area contributed by atoms with Gasteiger partial charge in [0.1, 0.15) is 0 Å². The van der Waals surface area contributed by atoms with Crippen LogP contribution in [0.15, 0.2) is 27.5 Å². The molecule has 2 rings (SSSR count). The van der Waals surface area contributed by atoms with Gasteiger partial charge in [0, 0.05) is 17.5 Å². The number of nitrogens with zero attached hydrogens (tertiary/aromatic N) is 1. The first kappa shape index (κ1) is 6.54. The molecule has 2 N–H and O–H groups in total. The van der Waals surface area contributed by atoms with Gasteiger partial charge in [0.25, 0.3) is 0 Å². The molecule has 4 heteroatoms. The molecule has 1 aliphatic heterocycles. The van der Waals surface area contributed by atoms with E-state index in [1.54, 1.807) is 18.3 Å². The molecule has 3 nitrogen and oxygen atoms in total. The van der Waals surface area contributed by atoms with Crippen molar-refractivity contribution in [1.29, 1.82) is 0 Å². The Kier molecular flexibility index (Phi) is 1.29. The highest BCUT2D eigenvalue weighted by Gasteiger charge is 2.12. The Morgan fingerprint density at radius 3 is 3.09 bits per heavy atom. The summed E-state index contributed by atoms with van der Waals surface area (Å²) in [6.45, 7) is 0. The summed E-state index contributed by atoms with van der Waals surface area (Å²) in [6.07, 6.45) is 1.60. The van der Waals surface area contributed by atoms with Crippen LogP contribution in [0.3, 0.4) is 0 Å². The average Bonchev–Trinajstić information content (AvgIpc) is 2.33. The van der Waals surface area contributed by atoms with Crippen LogP contribution in [0.5, 0.6) is 0 Å². The summed E-state index contributed by atoms with van der Waals surface area (Å²) < 4.78 is 14.8. The summed E-state index contributed by atoms with van der Waals surface area (Å²) >= 11 is 0. The van der Waals surface area contributed by atoms with E-state index in [1.807, 2.05) is 6.07 Å². The van der Waals surface area contributed by atoms with Crippen LogP contribution in [0.1, 0.15) is 5.56 Å². The van der Waals surface area contributed by atoms with Crippen molar-refractivity contribution in [3.05, 3.63) is 23.8 Å². The topological polar surface area (TPSA) is 55.5 Å². The largest absolute Gasteiger partial charge is 0.399 e. The highest BCUT2D eigenvalue weighted by molar-refractivity contribution is 7.84. The van der Waals surface area contributed by atoms with E-state index < -0.39 is 11.0 Å². The van der Waals surface area contributed by atoms with E-state index in [1.165, 1.54) is 0 Å². The molecule has 1 aliphatic rings. The first-order chi connectivity index (χ1) is 5.27. The van der Waals surface area contributed by atoms with Gasteiger partial charge in [0.05, 0.1) is 4.90 Å². The summed E-state index contributed by atoms with van der Waals surface area (Å²) in [5, 5.41) is 0. The third-order valence-electron chi connectivity index (χ3n) is 1.51. The van der Waals surface area contributed by atoms with Gasteiger partial charge in [-0.2, -0.15) is 4.40 Å². The molecule has 56 valence electrons. The molecule has 0 saturated heterocycles. The van der Waals surface area contributed by atoms with Crippen molar-refractivity contribution in [2.24, 2.45) is 4.40 Å². The van der Waals surface area contributed by atoms with Gasteiger partial charge < -0.3 is 5.73 Å². The first-order valence-electron chi connectivity index (χ1n) is 3.13. The molecular weight excluding hydrogens is 160 g/mol. The zero-order chi connectivity index (χ0) is 7.84. The summed E-state index contributed by atoms with van der Waals surface area (Å²) in [6, 6.07) is 5.28. The zero-order valence-corrected chi connectivity index (χ0v) is 6.47. The molecular formula is C7H6N2OS. The molecule has 0 fully saturated rings. The Hall–Kier alpha value is -1.16. The first-order valence-corrected chi connectivity index (χ1v) is 4.23. The van der Waals surface area contributed by atoms with Gasteiger partial charge in [-0.25, -0.2) is 4.21 Å². The van der Waals surface area contributed by atoms with Crippen LogP contribution in [-0.2, 0) is 11.0 Å². The Bertz CT molecular complexity index is 359. The molecule has 0 radical (unpaired) electrons. The molecule has 1 atom stereocenters. The van der Waals surface area contributed by atoms with Crippen molar-refractivity contribution in [2.45, 2.75) is 4.90 Å². The van der Waals surface area contributed by atoms with Crippen LogP contribution in [0.4, 0.5) is 5.69 Å². The van der Waals surface area contributed by atoms with Gasteiger partial charge in [0.15, 0.2) is 11.0 Å². The Labute approximate surface area is 66.5 Å². The number of fused-ring (bicyclic) bond motifs is 1. The Morgan fingerprint density at radius 1 is 1.45 bits per heavy atom. The number of hydrogen-bond acceptors (Lipinski definition) is 2. The lowest BCUT2D eigenvalue weighted by Gasteiger charge is -1.95. The standard InChI is InChI=1S/C7H6N2OS/c8-6-2-1-5-4-9-11(10)7(5)3-6/h1-4H,8H2. The second kappa shape index (κ2) is 2.17. The summed E-state index contributed by atoms with van der Waals surface area (Å²) in [5.41, 5.74) is 7.03. The lowest BCUT2D eigenvalue weighted by Crippen LogP contribution is -1.89. The zero-order valence-electron chi connectivity index (χ0n) is 5.65. The van der Waals surface area contributed by atoms with Crippen LogP contribution < -0.4 is 5.73 Å². The average molecular weight is 166 g/mol. The van der Waals surface area contributed by atoms with Crippen LogP contribution in [0.25, 0.3) is 0 Å². The maximum absolute atomic E-state index is 11.1. The molecule has 0 saturated carbocycles. The molecule has 0 aliphatic carbocycles. The highest BCUT2D eigenvalue weighted by atomic mass is 32.2. The van der Waals surface area contributed by atoms with E-state index in [2.05, 4.69) is 4.40 Å². The number of rotatable bonds is 0. The van der Waals surface area contributed by atoms with Crippen LogP contribution in [-0.4, -0.2) is 10.4 Å². The monoisotopic (exact) mass is 166 g/mol. The van der Waals surface area contributed by atoms with Gasteiger partial charge in [-0.3, -0.25) is 0 Å². The maximum atomic E-state index is 11.1. The van der Waals surface area contributed by atoms with Crippen molar-refractivity contribution in [1.82, 2.24) is 0 Å². The van der Waals surface area contributed by atoms with E-state index >= 15 is 0 Å². The lowest BCUT2D eigenvalue weighted by atomic mass is 10.2. The number of benzene rings is 1. The molecule has 0 spiro atoms. The molecule has 1 heterocycles. The minimum Gasteiger partial charge on any atom is -0.399 e. The van der Waals surface area contributed by atoms with Crippen LogP contribution in [0.2, 0.25) is 0 Å². The van der Waals surface area contributed by atoms with Gasteiger partial charge in [-0.05, 0) is 12.1 Å². The van der Waals surface area contributed by atoms with Gasteiger partial charge in [0.2, 0.25) is 0 Å². The minimum atomic E-state index is -1.22. The van der Waals surface area contributed by atoms with Crippen molar-refractivity contribution in [3.8, 4) is 0 Å². The smallest absolute Gasteiger partial charge is 0.173 e. The van der Waals surface area contributed by atoms with E-state index in [4.69, 9.17) is 5.73 Å². The van der Waals surface area contributed by atoms with Crippen LogP contribution >= 0.6 is 0 Å². The molecule has 0 bridgehead atoms. The predicted octanol–water partition coefficient (Wildman–Crippen LogP) is 0.724. The van der Waals surface area contributed by atoms with Crippen molar-refractivity contribution < 1.29 is 4.21 Å².